The Balaban J connectivity index is 2.14. The predicted octanol–water partition coefficient (Wildman–Crippen LogP) is 2.14. The lowest BCUT2D eigenvalue weighted by Crippen LogP contribution is -2.02. The van der Waals surface area contributed by atoms with Crippen molar-refractivity contribution in [1.82, 2.24) is 9.78 Å². The average molecular weight is 234 g/mol. The molecule has 0 saturated heterocycles. The maximum atomic E-state index is 12.7. The molecule has 1 N–H and O–H groups in total. The van der Waals surface area contributed by atoms with Gasteiger partial charge in [0.15, 0.2) is 0 Å². The fourth-order valence-corrected chi connectivity index (χ4v) is 1.90. The molecule has 4 heteroatoms. The van der Waals surface area contributed by atoms with Crippen molar-refractivity contribution in [2.75, 3.05) is 0 Å². The average Bonchev–Trinajstić information content (AvgIpc) is 2.61. The van der Waals surface area contributed by atoms with Crippen LogP contribution in [0.4, 0.5) is 4.39 Å². The van der Waals surface area contributed by atoms with Gasteiger partial charge in [0.2, 0.25) is 0 Å². The quantitative estimate of drug-likeness (QED) is 0.883. The molecule has 0 aliphatic heterocycles. The van der Waals surface area contributed by atoms with Crippen LogP contribution in [0.1, 0.15) is 22.9 Å². The standard InChI is InChI=1S/C13H15FN2O/c1-9-12(8-16(2)15-9)13(17)7-10-3-5-11(14)6-4-10/h3-6,8,13,17H,7H2,1-2H3. The third kappa shape index (κ3) is 2.71. The number of aliphatic hydroxyl groups is 1. The molecule has 17 heavy (non-hydrogen) atoms. The molecule has 1 heterocycles. The summed E-state index contributed by atoms with van der Waals surface area (Å²) in [6.07, 6.45) is 1.67. The van der Waals surface area contributed by atoms with Crippen LogP contribution in [0.25, 0.3) is 0 Å². The Bertz CT molecular complexity index is 505. The maximum absolute atomic E-state index is 12.7. The molecule has 0 radical (unpaired) electrons. The van der Waals surface area contributed by atoms with Gasteiger partial charge in [-0.25, -0.2) is 4.39 Å². The first-order valence-electron chi connectivity index (χ1n) is 5.49. The van der Waals surface area contributed by atoms with E-state index in [1.165, 1.54) is 12.1 Å². The highest BCUT2D eigenvalue weighted by Crippen LogP contribution is 2.20. The van der Waals surface area contributed by atoms with E-state index in [9.17, 15) is 9.50 Å². The number of aryl methyl sites for hydroxylation is 2. The van der Waals surface area contributed by atoms with Gasteiger partial charge in [0.05, 0.1) is 11.8 Å². The van der Waals surface area contributed by atoms with Gasteiger partial charge in [-0.05, 0) is 24.6 Å². The second-order valence-corrected chi connectivity index (χ2v) is 4.19. The molecule has 0 aliphatic rings. The van der Waals surface area contributed by atoms with E-state index < -0.39 is 6.10 Å². The van der Waals surface area contributed by atoms with Crippen LogP contribution in [0.5, 0.6) is 0 Å². The van der Waals surface area contributed by atoms with E-state index in [4.69, 9.17) is 0 Å². The van der Waals surface area contributed by atoms with Crippen molar-refractivity contribution in [2.45, 2.75) is 19.4 Å². The molecule has 0 amide bonds. The van der Waals surface area contributed by atoms with Crippen molar-refractivity contribution in [3.63, 3.8) is 0 Å². The number of nitrogens with zero attached hydrogens (tertiary/aromatic N) is 2. The molecule has 0 bridgehead atoms. The second kappa shape index (κ2) is 4.67. The van der Waals surface area contributed by atoms with Crippen molar-refractivity contribution >= 4 is 0 Å². The topological polar surface area (TPSA) is 38.0 Å². The molecule has 0 saturated carbocycles. The van der Waals surface area contributed by atoms with E-state index in [1.54, 1.807) is 16.8 Å². The maximum Gasteiger partial charge on any atom is 0.123 e. The predicted molar refractivity (Wildman–Crippen MR) is 63.0 cm³/mol. The molecule has 3 nitrogen and oxygen atoms in total. The summed E-state index contributed by atoms with van der Waals surface area (Å²) >= 11 is 0. The smallest absolute Gasteiger partial charge is 0.123 e. The van der Waals surface area contributed by atoms with E-state index in [-0.39, 0.29) is 5.82 Å². The van der Waals surface area contributed by atoms with Crippen LogP contribution in [-0.2, 0) is 13.5 Å². The van der Waals surface area contributed by atoms with E-state index in [2.05, 4.69) is 5.10 Å². The van der Waals surface area contributed by atoms with Crippen molar-refractivity contribution < 1.29 is 9.50 Å². The van der Waals surface area contributed by atoms with Gasteiger partial charge in [0.25, 0.3) is 0 Å². The molecule has 0 spiro atoms. The number of halogens is 1. The van der Waals surface area contributed by atoms with Gasteiger partial charge in [0, 0.05) is 25.2 Å². The van der Waals surface area contributed by atoms with E-state index in [1.807, 2.05) is 20.2 Å². The number of hydrogen-bond donors (Lipinski definition) is 1. The summed E-state index contributed by atoms with van der Waals surface area (Å²) in [4.78, 5) is 0. The van der Waals surface area contributed by atoms with Gasteiger partial charge in [-0.1, -0.05) is 12.1 Å². The molecule has 1 unspecified atom stereocenters. The Hall–Kier alpha value is -1.68. The van der Waals surface area contributed by atoms with Gasteiger partial charge in [0.1, 0.15) is 5.82 Å². The van der Waals surface area contributed by atoms with Gasteiger partial charge >= 0.3 is 0 Å². The highest BCUT2D eigenvalue weighted by Gasteiger charge is 2.14. The second-order valence-electron chi connectivity index (χ2n) is 4.19. The summed E-state index contributed by atoms with van der Waals surface area (Å²) < 4.78 is 14.4. The highest BCUT2D eigenvalue weighted by atomic mass is 19.1. The van der Waals surface area contributed by atoms with Crippen LogP contribution < -0.4 is 0 Å². The van der Waals surface area contributed by atoms with Crippen LogP contribution in [0, 0.1) is 12.7 Å². The summed E-state index contributed by atoms with van der Waals surface area (Å²) in [5.41, 5.74) is 2.54. The zero-order valence-electron chi connectivity index (χ0n) is 9.89. The van der Waals surface area contributed by atoms with Gasteiger partial charge < -0.3 is 5.11 Å². The van der Waals surface area contributed by atoms with Crippen LogP contribution in [0.3, 0.4) is 0 Å². The molecular formula is C13H15FN2O. The summed E-state index contributed by atoms with van der Waals surface area (Å²) in [6, 6.07) is 6.17. The van der Waals surface area contributed by atoms with Crippen LogP contribution >= 0.6 is 0 Å². The fraction of sp³-hybridized carbons (Fsp3) is 0.308. The summed E-state index contributed by atoms with van der Waals surface area (Å²) in [5.74, 6) is -0.263. The van der Waals surface area contributed by atoms with Gasteiger partial charge in [-0.2, -0.15) is 5.10 Å². The molecule has 0 aliphatic carbocycles. The van der Waals surface area contributed by atoms with Crippen LogP contribution in [-0.4, -0.2) is 14.9 Å². The van der Waals surface area contributed by atoms with Crippen molar-refractivity contribution in [1.29, 1.82) is 0 Å². The highest BCUT2D eigenvalue weighted by molar-refractivity contribution is 5.23. The number of benzene rings is 1. The van der Waals surface area contributed by atoms with Crippen LogP contribution in [0.15, 0.2) is 30.5 Å². The zero-order chi connectivity index (χ0) is 12.4. The SMILES string of the molecule is Cc1nn(C)cc1C(O)Cc1ccc(F)cc1. The first kappa shape index (κ1) is 11.8. The molecule has 90 valence electrons. The van der Waals surface area contributed by atoms with E-state index in [0.717, 1.165) is 16.8 Å². The number of hydrogen-bond acceptors (Lipinski definition) is 2. The summed E-state index contributed by atoms with van der Waals surface area (Å²) in [7, 11) is 1.82. The third-order valence-corrected chi connectivity index (χ3v) is 2.75. The van der Waals surface area contributed by atoms with Crippen molar-refractivity contribution in [3.05, 3.63) is 53.1 Å². The number of aliphatic hydroxyl groups excluding tert-OH is 1. The minimum absolute atomic E-state index is 0.263. The zero-order valence-corrected chi connectivity index (χ0v) is 9.89. The van der Waals surface area contributed by atoms with Gasteiger partial charge in [-0.3, -0.25) is 4.68 Å². The number of rotatable bonds is 3. The molecule has 1 aromatic heterocycles. The largest absolute Gasteiger partial charge is 0.388 e. The Kier molecular flexibility index (Phi) is 3.24. The summed E-state index contributed by atoms with van der Waals surface area (Å²) in [6.45, 7) is 1.86. The first-order valence-corrected chi connectivity index (χ1v) is 5.49. The Morgan fingerprint density at radius 2 is 2.00 bits per heavy atom. The minimum atomic E-state index is -0.603. The molecule has 2 aromatic rings. The summed E-state index contributed by atoms with van der Waals surface area (Å²) in [5, 5.41) is 14.3. The minimum Gasteiger partial charge on any atom is -0.388 e. The van der Waals surface area contributed by atoms with Gasteiger partial charge in [-0.15, -0.1) is 0 Å². The third-order valence-electron chi connectivity index (χ3n) is 2.75. The lowest BCUT2D eigenvalue weighted by molar-refractivity contribution is 0.177. The molecule has 2 rings (SSSR count). The fourth-order valence-electron chi connectivity index (χ4n) is 1.90. The van der Waals surface area contributed by atoms with Crippen LogP contribution in [0.2, 0.25) is 0 Å². The Morgan fingerprint density at radius 1 is 1.35 bits per heavy atom. The lowest BCUT2D eigenvalue weighted by Gasteiger charge is -2.09. The normalized spacial score (nSPS) is 12.7. The molecular weight excluding hydrogens is 219 g/mol. The molecule has 1 atom stereocenters. The van der Waals surface area contributed by atoms with Crippen molar-refractivity contribution in [3.8, 4) is 0 Å². The van der Waals surface area contributed by atoms with E-state index in [0.29, 0.717) is 6.42 Å². The molecule has 1 aromatic carbocycles. The Morgan fingerprint density at radius 3 is 2.53 bits per heavy atom. The monoisotopic (exact) mass is 234 g/mol. The number of aromatic nitrogens is 2. The Labute approximate surface area is 99.5 Å². The lowest BCUT2D eigenvalue weighted by atomic mass is 10.0. The first-order chi connectivity index (χ1) is 8.06. The van der Waals surface area contributed by atoms with Crippen molar-refractivity contribution in [2.24, 2.45) is 7.05 Å². The van der Waals surface area contributed by atoms with E-state index >= 15 is 0 Å². The molecule has 0 fully saturated rings.